The molecule has 3 unspecified atom stereocenters. The number of benzene rings is 3. The number of fused-ring (bicyclic) bond motifs is 6. The first kappa shape index (κ1) is 45.8. The number of carbonyl (C=O) groups is 4. The Labute approximate surface area is 374 Å². The van der Waals surface area contributed by atoms with Gasteiger partial charge in [-0.2, -0.15) is 0 Å². The first-order valence-electron chi connectivity index (χ1n) is 21.8. The van der Waals surface area contributed by atoms with Gasteiger partial charge in [-0.1, -0.05) is 45.4 Å². The Kier molecular flexibility index (Phi) is 14.1. The first-order valence-corrected chi connectivity index (χ1v) is 21.8. The van der Waals surface area contributed by atoms with E-state index in [2.05, 4.69) is 75.1 Å². The van der Waals surface area contributed by atoms with Crippen molar-refractivity contribution in [3.8, 4) is 28.1 Å². The highest BCUT2D eigenvalue weighted by Gasteiger charge is 2.41. The Morgan fingerprint density at radius 1 is 0.953 bits per heavy atom. The summed E-state index contributed by atoms with van der Waals surface area (Å²) in [5.41, 5.74) is 11.2. The van der Waals surface area contributed by atoms with E-state index in [-0.39, 0.29) is 49.2 Å². The van der Waals surface area contributed by atoms with E-state index in [4.69, 9.17) is 28.9 Å². The summed E-state index contributed by atoms with van der Waals surface area (Å²) < 4.78 is 26.1. The number of ether oxygens (including phenoxy) is 5. The maximum absolute atomic E-state index is 13.9. The molecule has 0 saturated carbocycles. The second-order valence-corrected chi connectivity index (χ2v) is 17.2. The maximum Gasteiger partial charge on any atom is 0.407 e. The number of amides is 4. The number of aromatic amines is 2. The Bertz CT molecular complexity index is 2510. The van der Waals surface area contributed by atoms with Gasteiger partial charge in [0.25, 0.3) is 0 Å². The van der Waals surface area contributed by atoms with Crippen LogP contribution in [0.3, 0.4) is 0 Å². The van der Waals surface area contributed by atoms with E-state index < -0.39 is 18.2 Å². The molecular formula is C47H62N8O9. The van der Waals surface area contributed by atoms with Crippen LogP contribution < -0.4 is 15.8 Å². The standard InChI is InChI=1S/C45H55N7O7.C2H5NO2.H2/c1-8-25(3)40(50-45(55)58-7)44(54)52-20-24(2)13-36(52)42-46-19-35(48-42)29-9-11-31-30(16-29)23-59-38-18-32-28(17-33(31)38)10-12-34-41(32)49-43(47-34)37-15-27(22-56-5)21-51(37)39(53)14-26(4)57-6;1-5-2(3)4;/h9-12,16-19,24-27,36-37,40H,8,13-15,20-23H2,1-7H3,(H,46,48)(H,47,49)(H,50,55);1H3,(H2,3,4);1H/t24-,25-,26?,27?,36-,37-,40?;;/m0../s1. The number of alkyl carbamates (subject to hydrolysis) is 1. The number of primary amides is 1. The fraction of sp³-hybridized carbons (Fsp3) is 0.489. The van der Waals surface area contributed by atoms with E-state index in [0.29, 0.717) is 32.7 Å². The number of rotatable bonds is 12. The zero-order valence-electron chi connectivity index (χ0n) is 37.9. The number of imidazole rings is 2. The largest absolute Gasteiger partial charge is 0.488 e. The van der Waals surface area contributed by atoms with Gasteiger partial charge < -0.3 is 54.5 Å². The first-order chi connectivity index (χ1) is 30.8. The monoisotopic (exact) mass is 882 g/mol. The highest BCUT2D eigenvalue weighted by Crippen LogP contribution is 2.44. The molecule has 5 N–H and O–H groups in total. The number of nitrogens with one attached hydrogen (secondary N) is 3. The van der Waals surface area contributed by atoms with Crippen molar-refractivity contribution in [2.45, 2.75) is 84.2 Å². The van der Waals surface area contributed by atoms with Gasteiger partial charge in [-0.3, -0.25) is 9.59 Å². The Hall–Kier alpha value is -6.20. The minimum Gasteiger partial charge on any atom is -0.488 e. The van der Waals surface area contributed by atoms with Crippen molar-refractivity contribution in [3.63, 3.8) is 0 Å². The third kappa shape index (κ3) is 9.50. The summed E-state index contributed by atoms with van der Waals surface area (Å²) in [4.78, 5) is 69.7. The van der Waals surface area contributed by atoms with E-state index in [0.717, 1.165) is 86.4 Å². The molecule has 0 aliphatic carbocycles. The molecule has 3 aromatic carbocycles. The Morgan fingerprint density at radius 2 is 1.72 bits per heavy atom. The summed E-state index contributed by atoms with van der Waals surface area (Å²) in [5, 5.41) is 4.80. The summed E-state index contributed by atoms with van der Waals surface area (Å²) in [5.74, 6) is 2.64. The molecule has 2 fully saturated rings. The quantitative estimate of drug-likeness (QED) is 0.0978. The fourth-order valence-electron chi connectivity index (χ4n) is 9.14. The molecular weight excluding hydrogens is 821 g/mol. The van der Waals surface area contributed by atoms with Gasteiger partial charge in [-0.25, -0.2) is 19.6 Å². The Balaban J connectivity index is 0.00000111. The van der Waals surface area contributed by atoms with E-state index in [9.17, 15) is 19.2 Å². The molecule has 3 aliphatic rings. The van der Waals surface area contributed by atoms with E-state index in [1.54, 1.807) is 14.2 Å². The maximum atomic E-state index is 13.9. The van der Waals surface area contributed by atoms with Gasteiger partial charge in [0.2, 0.25) is 11.8 Å². The average molecular weight is 883 g/mol. The molecule has 8 rings (SSSR count). The summed E-state index contributed by atoms with van der Waals surface area (Å²) in [6, 6.07) is 13.7. The number of methoxy groups -OCH3 is 4. The minimum absolute atomic E-state index is 0. The highest BCUT2D eigenvalue weighted by molar-refractivity contribution is 6.07. The third-order valence-corrected chi connectivity index (χ3v) is 12.8. The van der Waals surface area contributed by atoms with Crippen LogP contribution in [0.5, 0.6) is 5.75 Å². The van der Waals surface area contributed by atoms with Gasteiger partial charge in [0.15, 0.2) is 0 Å². The number of H-pyrrole nitrogens is 2. The fourth-order valence-corrected chi connectivity index (χ4v) is 9.14. The average Bonchev–Trinajstić information content (AvgIpc) is 4.13. The molecule has 344 valence electrons. The molecule has 2 aromatic heterocycles. The number of hydrogen-bond acceptors (Lipinski definition) is 11. The van der Waals surface area contributed by atoms with Crippen LogP contribution in [0.2, 0.25) is 0 Å². The Morgan fingerprint density at radius 3 is 2.42 bits per heavy atom. The molecule has 2 saturated heterocycles. The second-order valence-electron chi connectivity index (χ2n) is 17.2. The predicted molar refractivity (Wildman–Crippen MR) is 242 cm³/mol. The lowest BCUT2D eigenvalue weighted by atomic mass is 9.92. The normalized spacial score (nSPS) is 20.4. The number of hydrogen-bond donors (Lipinski definition) is 4. The van der Waals surface area contributed by atoms with Gasteiger partial charge in [0, 0.05) is 45.6 Å². The molecule has 7 atom stereocenters. The lowest BCUT2D eigenvalue weighted by Crippen LogP contribution is -2.51. The molecule has 64 heavy (non-hydrogen) atoms. The SMILES string of the molecule is CC[C@H](C)C(NC(=O)OC)C(=O)N1C[C@@H](C)C[C@H]1c1ncc(-c2ccc3c(c2)COc2cc4c(ccc5[nH]c([C@@H]6CC(COC)CN6C(=O)CC(C)OC)nc54)cc2-3)[nH]1.COC(N)=O.[HH]. The molecule has 0 bridgehead atoms. The summed E-state index contributed by atoms with van der Waals surface area (Å²) in [6.07, 6.45) is 2.86. The van der Waals surface area contributed by atoms with E-state index >= 15 is 0 Å². The zero-order chi connectivity index (χ0) is 45.8. The molecule has 0 spiro atoms. The van der Waals surface area contributed by atoms with Crippen molar-refractivity contribution >= 4 is 45.8 Å². The zero-order valence-corrected chi connectivity index (χ0v) is 37.9. The lowest BCUT2D eigenvalue weighted by molar-refractivity contribution is -0.136. The topological polar surface area (TPSA) is 216 Å². The van der Waals surface area contributed by atoms with E-state index in [1.165, 1.54) is 14.2 Å². The number of carbonyl (C=O) groups excluding carboxylic acids is 4. The second kappa shape index (κ2) is 19.7. The van der Waals surface area contributed by atoms with Gasteiger partial charge in [0.1, 0.15) is 30.0 Å². The molecule has 0 radical (unpaired) electrons. The number of aromatic nitrogens is 4. The number of nitrogens with zero attached hydrogens (tertiary/aromatic N) is 4. The molecule has 5 heterocycles. The minimum atomic E-state index is -0.745. The highest BCUT2D eigenvalue weighted by atomic mass is 16.5. The molecule has 5 aromatic rings. The molecule has 3 aliphatic heterocycles. The summed E-state index contributed by atoms with van der Waals surface area (Å²) in [6.45, 7) is 10.2. The van der Waals surface area contributed by atoms with Crippen LogP contribution in [0.1, 0.15) is 84.1 Å². The smallest absolute Gasteiger partial charge is 0.407 e. The van der Waals surface area contributed by atoms with Crippen molar-refractivity contribution in [2.75, 3.05) is 48.1 Å². The van der Waals surface area contributed by atoms with Crippen molar-refractivity contribution in [1.82, 2.24) is 35.1 Å². The van der Waals surface area contributed by atoms with Crippen LogP contribution in [0.15, 0.2) is 48.7 Å². The van der Waals surface area contributed by atoms with Gasteiger partial charge >= 0.3 is 12.2 Å². The molecule has 17 heteroatoms. The van der Waals surface area contributed by atoms with Crippen molar-refractivity contribution in [2.24, 2.45) is 23.5 Å². The van der Waals surface area contributed by atoms with Crippen LogP contribution in [-0.2, 0) is 35.1 Å². The van der Waals surface area contributed by atoms with Crippen LogP contribution >= 0.6 is 0 Å². The van der Waals surface area contributed by atoms with Crippen molar-refractivity contribution in [3.05, 3.63) is 65.9 Å². The molecule has 17 nitrogen and oxygen atoms in total. The molecule has 4 amide bonds. The predicted octanol–water partition coefficient (Wildman–Crippen LogP) is 7.26. The summed E-state index contributed by atoms with van der Waals surface area (Å²) >= 11 is 0. The van der Waals surface area contributed by atoms with Crippen molar-refractivity contribution < 1.29 is 44.3 Å². The van der Waals surface area contributed by atoms with Crippen molar-refractivity contribution in [1.29, 1.82) is 0 Å². The number of likely N-dealkylation sites (tertiary alicyclic amines) is 2. The van der Waals surface area contributed by atoms with E-state index in [1.807, 2.05) is 36.8 Å². The van der Waals surface area contributed by atoms with Gasteiger partial charge in [0.05, 0.1) is 68.4 Å². The number of nitrogens with two attached hydrogens (primary N) is 1. The van der Waals surface area contributed by atoms with Gasteiger partial charge in [-0.05, 0) is 77.9 Å². The lowest BCUT2D eigenvalue weighted by Gasteiger charge is -2.30. The third-order valence-electron chi connectivity index (χ3n) is 12.8. The van der Waals surface area contributed by atoms with Crippen LogP contribution in [0.4, 0.5) is 9.59 Å². The van der Waals surface area contributed by atoms with Crippen LogP contribution in [0, 0.1) is 17.8 Å². The van der Waals surface area contributed by atoms with Crippen LogP contribution in [0.25, 0.3) is 44.2 Å². The van der Waals surface area contributed by atoms with Gasteiger partial charge in [-0.15, -0.1) is 0 Å². The summed E-state index contributed by atoms with van der Waals surface area (Å²) in [7, 11) is 5.86. The van der Waals surface area contributed by atoms with Crippen LogP contribution in [-0.4, -0.2) is 114 Å².